The Balaban J connectivity index is 1.76. The quantitative estimate of drug-likeness (QED) is 0.544. The van der Waals surface area contributed by atoms with Crippen molar-refractivity contribution in [2.45, 2.75) is 33.1 Å². The lowest BCUT2D eigenvalue weighted by atomic mass is 9.99. The maximum atomic E-state index is 11.8. The van der Waals surface area contributed by atoms with Crippen molar-refractivity contribution in [3.8, 4) is 11.5 Å². The monoisotopic (exact) mass is 354 g/mol. The van der Waals surface area contributed by atoms with Crippen molar-refractivity contribution < 1.29 is 14.3 Å². The van der Waals surface area contributed by atoms with Gasteiger partial charge in [0.2, 0.25) is 0 Å². The molecule has 0 aliphatic carbocycles. The zero-order chi connectivity index (χ0) is 18.8. The molecule has 2 aromatic rings. The predicted octanol–water partition coefficient (Wildman–Crippen LogP) is 4.13. The van der Waals surface area contributed by atoms with Crippen LogP contribution < -0.4 is 14.9 Å². The lowest BCUT2D eigenvalue weighted by Gasteiger charge is -2.10. The lowest BCUT2D eigenvalue weighted by Crippen LogP contribution is -2.24. The number of hydrogen-bond acceptors (Lipinski definition) is 4. The van der Waals surface area contributed by atoms with Gasteiger partial charge in [0.05, 0.1) is 12.8 Å². The van der Waals surface area contributed by atoms with Gasteiger partial charge in [0, 0.05) is 0 Å². The Labute approximate surface area is 155 Å². The van der Waals surface area contributed by atoms with Crippen molar-refractivity contribution in [3.63, 3.8) is 0 Å². The summed E-state index contributed by atoms with van der Waals surface area (Å²) < 4.78 is 10.9. The molecule has 0 aliphatic heterocycles. The summed E-state index contributed by atoms with van der Waals surface area (Å²) >= 11 is 0. The molecule has 0 spiro atoms. The normalized spacial score (nSPS) is 12.0. The van der Waals surface area contributed by atoms with Crippen molar-refractivity contribution in [2.24, 2.45) is 5.10 Å². The summed E-state index contributed by atoms with van der Waals surface area (Å²) in [5.74, 6) is 1.69. The molecule has 26 heavy (non-hydrogen) atoms. The average molecular weight is 354 g/mol. The van der Waals surface area contributed by atoms with Gasteiger partial charge in [0.1, 0.15) is 11.5 Å². The Kier molecular flexibility index (Phi) is 7.68. The molecule has 2 rings (SSSR count). The molecule has 2 aromatic carbocycles. The summed E-state index contributed by atoms with van der Waals surface area (Å²) in [6.45, 7) is 6.83. The topological polar surface area (TPSA) is 59.9 Å². The van der Waals surface area contributed by atoms with E-state index < -0.39 is 0 Å². The van der Waals surface area contributed by atoms with Crippen molar-refractivity contribution >= 4 is 12.1 Å². The van der Waals surface area contributed by atoms with Gasteiger partial charge in [-0.25, -0.2) is 5.43 Å². The number of nitrogens with zero attached hydrogens (tertiary/aromatic N) is 1. The average Bonchev–Trinajstić information content (AvgIpc) is 2.68. The minimum Gasteiger partial charge on any atom is -0.494 e. The van der Waals surface area contributed by atoms with Gasteiger partial charge >= 0.3 is 0 Å². The number of ether oxygens (including phenoxy) is 2. The fourth-order valence-electron chi connectivity index (χ4n) is 2.31. The molecule has 5 heteroatoms. The van der Waals surface area contributed by atoms with E-state index in [2.05, 4.69) is 24.4 Å². The third-order valence-electron chi connectivity index (χ3n) is 4.03. The largest absolute Gasteiger partial charge is 0.494 e. The molecular weight excluding hydrogens is 328 g/mol. The van der Waals surface area contributed by atoms with Crippen LogP contribution in [0.4, 0.5) is 0 Å². The Morgan fingerprint density at radius 3 is 2.27 bits per heavy atom. The Morgan fingerprint density at radius 2 is 1.65 bits per heavy atom. The van der Waals surface area contributed by atoms with E-state index in [0.29, 0.717) is 18.3 Å². The highest BCUT2D eigenvalue weighted by Gasteiger charge is 2.04. The second kappa shape index (κ2) is 10.2. The van der Waals surface area contributed by atoms with Crippen molar-refractivity contribution in [3.05, 3.63) is 59.7 Å². The number of carbonyl (C=O) groups excluding carboxylic acids is 1. The minimum absolute atomic E-state index is 0.0801. The van der Waals surface area contributed by atoms with Crippen molar-refractivity contribution in [1.82, 2.24) is 5.43 Å². The molecule has 0 bridgehead atoms. The molecule has 0 aliphatic rings. The lowest BCUT2D eigenvalue weighted by molar-refractivity contribution is -0.123. The van der Waals surface area contributed by atoms with E-state index in [0.717, 1.165) is 17.7 Å². The minimum atomic E-state index is -0.307. The molecule has 1 amide bonds. The fraction of sp³-hybridized carbons (Fsp3) is 0.333. The molecular formula is C21H26N2O3. The fourth-order valence-corrected chi connectivity index (χ4v) is 2.31. The highest BCUT2D eigenvalue weighted by atomic mass is 16.5. The van der Waals surface area contributed by atoms with Crippen LogP contribution in [-0.2, 0) is 4.79 Å². The highest BCUT2D eigenvalue weighted by molar-refractivity contribution is 5.83. The van der Waals surface area contributed by atoms with Crippen molar-refractivity contribution in [1.29, 1.82) is 0 Å². The summed E-state index contributed by atoms with van der Waals surface area (Å²) in [5, 5.41) is 3.93. The van der Waals surface area contributed by atoms with E-state index in [4.69, 9.17) is 9.47 Å². The first-order valence-electron chi connectivity index (χ1n) is 8.89. The van der Waals surface area contributed by atoms with Crippen LogP contribution in [0.5, 0.6) is 11.5 Å². The van der Waals surface area contributed by atoms with E-state index in [-0.39, 0.29) is 12.5 Å². The van der Waals surface area contributed by atoms with E-state index >= 15 is 0 Å². The zero-order valence-corrected chi connectivity index (χ0v) is 15.6. The molecule has 0 radical (unpaired) electrons. The van der Waals surface area contributed by atoms with Crippen LogP contribution >= 0.6 is 0 Å². The second-order valence-corrected chi connectivity index (χ2v) is 5.96. The maximum Gasteiger partial charge on any atom is 0.277 e. The maximum absolute atomic E-state index is 11.8. The molecule has 5 nitrogen and oxygen atoms in total. The molecule has 1 atom stereocenters. The summed E-state index contributed by atoms with van der Waals surface area (Å²) in [6.07, 6.45) is 2.67. The van der Waals surface area contributed by atoms with Gasteiger partial charge in [-0.15, -0.1) is 0 Å². The van der Waals surface area contributed by atoms with Gasteiger partial charge in [0.15, 0.2) is 6.61 Å². The van der Waals surface area contributed by atoms with Crippen LogP contribution in [0.15, 0.2) is 53.6 Å². The van der Waals surface area contributed by atoms with Gasteiger partial charge in [-0.1, -0.05) is 26.0 Å². The number of hydrogen-bond donors (Lipinski definition) is 1. The molecule has 0 unspecified atom stereocenters. The summed E-state index contributed by atoms with van der Waals surface area (Å²) in [5.41, 5.74) is 4.59. The van der Waals surface area contributed by atoms with E-state index in [1.54, 1.807) is 6.21 Å². The van der Waals surface area contributed by atoms with Gasteiger partial charge < -0.3 is 9.47 Å². The van der Waals surface area contributed by atoms with Crippen LogP contribution in [0, 0.1) is 0 Å². The van der Waals surface area contributed by atoms with Gasteiger partial charge in [-0.3, -0.25) is 4.79 Å². The smallest absolute Gasteiger partial charge is 0.277 e. The highest BCUT2D eigenvalue weighted by Crippen LogP contribution is 2.21. The number of benzene rings is 2. The van der Waals surface area contributed by atoms with E-state index in [9.17, 15) is 4.79 Å². The summed E-state index contributed by atoms with van der Waals surface area (Å²) in [4.78, 5) is 11.8. The molecule has 0 saturated heterocycles. The number of hydrazone groups is 1. The van der Waals surface area contributed by atoms with Crippen molar-refractivity contribution in [2.75, 3.05) is 13.2 Å². The summed E-state index contributed by atoms with van der Waals surface area (Å²) in [7, 11) is 0. The molecule has 0 fully saturated rings. The first-order chi connectivity index (χ1) is 12.6. The molecule has 1 N–H and O–H groups in total. The molecule has 138 valence electrons. The Bertz CT molecular complexity index is 709. The molecule has 0 aromatic heterocycles. The van der Waals surface area contributed by atoms with Gasteiger partial charge in [0.25, 0.3) is 5.91 Å². The van der Waals surface area contributed by atoms with Crippen LogP contribution in [-0.4, -0.2) is 25.3 Å². The Hall–Kier alpha value is -2.82. The van der Waals surface area contributed by atoms with Crippen LogP contribution in [0.25, 0.3) is 0 Å². The van der Waals surface area contributed by atoms with Gasteiger partial charge in [-0.2, -0.15) is 5.10 Å². The number of carbonyl (C=O) groups is 1. The standard InChI is InChI=1S/C21H26N2O3/c1-4-16(3)18-8-12-20(13-9-18)26-15-21(24)23-22-14-17-6-10-19(11-7-17)25-5-2/h6-14,16H,4-5,15H2,1-3H3,(H,23,24)/b22-14-/t16-/m0/s1. The number of rotatable bonds is 9. The zero-order valence-electron chi connectivity index (χ0n) is 15.6. The summed E-state index contributed by atoms with van der Waals surface area (Å²) in [6, 6.07) is 15.3. The SMILES string of the molecule is CCOc1ccc(/C=N\NC(=O)COc2ccc([C@@H](C)CC)cc2)cc1. The van der Waals surface area contributed by atoms with Gasteiger partial charge in [-0.05, 0) is 66.8 Å². The van der Waals surface area contributed by atoms with Crippen LogP contribution in [0.2, 0.25) is 0 Å². The predicted molar refractivity (Wildman–Crippen MR) is 104 cm³/mol. The number of amides is 1. The molecule has 0 saturated carbocycles. The Morgan fingerprint density at radius 1 is 1.04 bits per heavy atom. The number of nitrogens with one attached hydrogen (secondary N) is 1. The first-order valence-corrected chi connectivity index (χ1v) is 8.89. The van der Waals surface area contributed by atoms with E-state index in [1.165, 1.54) is 5.56 Å². The molecule has 0 heterocycles. The third kappa shape index (κ3) is 6.24. The third-order valence-corrected chi connectivity index (χ3v) is 4.03. The van der Waals surface area contributed by atoms with Crippen LogP contribution in [0.3, 0.4) is 0 Å². The second-order valence-electron chi connectivity index (χ2n) is 5.96. The first kappa shape index (κ1) is 19.5. The van der Waals surface area contributed by atoms with E-state index in [1.807, 2.05) is 55.5 Å². The van der Waals surface area contributed by atoms with Crippen LogP contribution in [0.1, 0.15) is 44.2 Å².